The SMILES string of the molecule is CCNC(=O)c1noc(-c2cc(C(C)C)c(OCc3ccccc3)cc2OCc2ccccc2)c1-c1nc2c(n1C)CCNC2. The molecule has 1 aliphatic heterocycles. The first kappa shape index (κ1) is 30.1. The Kier molecular flexibility index (Phi) is 8.98. The zero-order chi connectivity index (χ0) is 31.3. The number of rotatable bonds is 11. The predicted octanol–water partition coefficient (Wildman–Crippen LogP) is 6.42. The number of carbonyl (C=O) groups excluding carboxylic acids is 1. The fourth-order valence-electron chi connectivity index (χ4n) is 5.68. The van der Waals surface area contributed by atoms with Gasteiger partial charge in [-0.1, -0.05) is 79.7 Å². The molecule has 2 aromatic heterocycles. The Labute approximate surface area is 263 Å². The number of hydrogen-bond acceptors (Lipinski definition) is 7. The number of amides is 1. The van der Waals surface area contributed by atoms with Crippen LogP contribution in [0.5, 0.6) is 11.5 Å². The van der Waals surface area contributed by atoms with Crippen LogP contribution in [0.15, 0.2) is 77.3 Å². The van der Waals surface area contributed by atoms with E-state index in [2.05, 4.69) is 34.2 Å². The van der Waals surface area contributed by atoms with E-state index in [4.69, 9.17) is 19.0 Å². The first-order valence-electron chi connectivity index (χ1n) is 15.5. The van der Waals surface area contributed by atoms with Crippen LogP contribution in [-0.4, -0.2) is 33.7 Å². The highest BCUT2D eigenvalue weighted by atomic mass is 16.5. The second kappa shape index (κ2) is 13.4. The summed E-state index contributed by atoms with van der Waals surface area (Å²) in [5.41, 5.74) is 6.57. The third kappa shape index (κ3) is 6.35. The Morgan fingerprint density at radius 1 is 1.00 bits per heavy atom. The Hall–Kier alpha value is -4.89. The summed E-state index contributed by atoms with van der Waals surface area (Å²) in [6, 6.07) is 24.1. The van der Waals surface area contributed by atoms with E-state index in [-0.39, 0.29) is 17.5 Å². The highest BCUT2D eigenvalue weighted by Gasteiger charge is 2.32. The molecule has 9 heteroatoms. The summed E-state index contributed by atoms with van der Waals surface area (Å²) >= 11 is 0. The molecule has 0 aliphatic carbocycles. The maximum Gasteiger partial charge on any atom is 0.274 e. The maximum atomic E-state index is 13.3. The second-order valence-corrected chi connectivity index (χ2v) is 11.5. The van der Waals surface area contributed by atoms with Gasteiger partial charge in [-0.2, -0.15) is 0 Å². The van der Waals surface area contributed by atoms with Crippen molar-refractivity contribution in [2.75, 3.05) is 13.1 Å². The number of benzene rings is 3. The normalized spacial score (nSPS) is 12.6. The standard InChI is InChI=1S/C36H39N5O4/c1-5-38-36(42)33-32(35-39-28-20-37-17-16-29(28)41(35)4)34(45-40-33)27-18-26(23(2)3)30(43-21-24-12-8-6-9-13-24)19-31(27)44-22-25-14-10-7-11-15-25/h6-15,18-19,23,37H,5,16-17,20-22H2,1-4H3,(H,38,42). The van der Waals surface area contributed by atoms with Gasteiger partial charge < -0.3 is 29.2 Å². The van der Waals surface area contributed by atoms with Crippen LogP contribution in [0.3, 0.4) is 0 Å². The lowest BCUT2D eigenvalue weighted by Gasteiger charge is -2.19. The van der Waals surface area contributed by atoms with Gasteiger partial charge in [-0.3, -0.25) is 4.79 Å². The van der Waals surface area contributed by atoms with Crippen molar-refractivity contribution in [3.63, 3.8) is 0 Å². The minimum Gasteiger partial charge on any atom is -0.488 e. The number of hydrogen-bond donors (Lipinski definition) is 2. The third-order valence-corrected chi connectivity index (χ3v) is 8.05. The van der Waals surface area contributed by atoms with Gasteiger partial charge in [-0.15, -0.1) is 0 Å². The molecule has 0 radical (unpaired) electrons. The zero-order valence-electron chi connectivity index (χ0n) is 26.2. The van der Waals surface area contributed by atoms with E-state index >= 15 is 0 Å². The summed E-state index contributed by atoms with van der Waals surface area (Å²) in [5, 5.41) is 10.6. The van der Waals surface area contributed by atoms with Crippen molar-refractivity contribution in [3.8, 4) is 34.2 Å². The molecule has 1 aliphatic rings. The quantitative estimate of drug-likeness (QED) is 0.179. The van der Waals surface area contributed by atoms with E-state index < -0.39 is 0 Å². The van der Waals surface area contributed by atoms with Crippen molar-refractivity contribution in [3.05, 3.63) is 107 Å². The van der Waals surface area contributed by atoms with Crippen LogP contribution < -0.4 is 20.1 Å². The zero-order valence-corrected chi connectivity index (χ0v) is 26.2. The lowest BCUT2D eigenvalue weighted by atomic mass is 9.96. The maximum absolute atomic E-state index is 13.3. The molecule has 6 rings (SSSR count). The summed E-state index contributed by atoms with van der Waals surface area (Å²) in [7, 11) is 1.98. The third-order valence-electron chi connectivity index (χ3n) is 8.05. The number of nitrogens with zero attached hydrogens (tertiary/aromatic N) is 3. The molecular formula is C36H39N5O4. The largest absolute Gasteiger partial charge is 0.488 e. The highest BCUT2D eigenvalue weighted by Crippen LogP contribution is 2.44. The minimum absolute atomic E-state index is 0.124. The van der Waals surface area contributed by atoms with Gasteiger partial charge >= 0.3 is 0 Å². The summed E-state index contributed by atoms with van der Waals surface area (Å²) in [5.74, 6) is 2.15. The van der Waals surface area contributed by atoms with Gasteiger partial charge in [0.05, 0.1) is 16.8 Å². The molecule has 3 heterocycles. The summed E-state index contributed by atoms with van der Waals surface area (Å²) in [6.07, 6.45) is 0.840. The molecule has 232 valence electrons. The molecule has 3 aromatic carbocycles. The number of aromatic nitrogens is 3. The van der Waals surface area contributed by atoms with Gasteiger partial charge in [-0.05, 0) is 35.6 Å². The Balaban J connectivity index is 1.51. The van der Waals surface area contributed by atoms with Crippen molar-refractivity contribution in [1.82, 2.24) is 25.3 Å². The number of carbonyl (C=O) groups is 1. The molecule has 0 bridgehead atoms. The summed E-state index contributed by atoms with van der Waals surface area (Å²) < 4.78 is 21.1. The molecular weight excluding hydrogens is 566 g/mol. The van der Waals surface area contributed by atoms with Gasteiger partial charge in [-0.25, -0.2) is 4.98 Å². The van der Waals surface area contributed by atoms with Crippen LogP contribution in [-0.2, 0) is 33.2 Å². The van der Waals surface area contributed by atoms with Crippen LogP contribution in [0.25, 0.3) is 22.7 Å². The number of nitrogens with one attached hydrogen (secondary N) is 2. The van der Waals surface area contributed by atoms with Gasteiger partial charge in [0.1, 0.15) is 30.5 Å². The first-order valence-corrected chi connectivity index (χ1v) is 15.5. The van der Waals surface area contributed by atoms with E-state index in [0.717, 1.165) is 46.8 Å². The molecule has 0 saturated carbocycles. The minimum atomic E-state index is -0.319. The van der Waals surface area contributed by atoms with E-state index in [9.17, 15) is 4.79 Å². The van der Waals surface area contributed by atoms with E-state index in [1.54, 1.807) is 0 Å². The topological polar surface area (TPSA) is 103 Å². The van der Waals surface area contributed by atoms with Crippen molar-refractivity contribution >= 4 is 5.91 Å². The van der Waals surface area contributed by atoms with E-state index in [0.29, 0.717) is 54.8 Å². The van der Waals surface area contributed by atoms with Crippen LogP contribution in [0.2, 0.25) is 0 Å². The average Bonchev–Trinajstić information content (AvgIpc) is 3.64. The molecule has 0 saturated heterocycles. The summed E-state index contributed by atoms with van der Waals surface area (Å²) in [4.78, 5) is 18.3. The smallest absolute Gasteiger partial charge is 0.274 e. The van der Waals surface area contributed by atoms with E-state index in [1.165, 1.54) is 0 Å². The van der Waals surface area contributed by atoms with Crippen LogP contribution in [0.4, 0.5) is 0 Å². The molecule has 0 fully saturated rings. The number of fused-ring (bicyclic) bond motifs is 1. The number of imidazole rings is 1. The highest BCUT2D eigenvalue weighted by molar-refractivity contribution is 6.01. The van der Waals surface area contributed by atoms with Crippen LogP contribution in [0, 0.1) is 0 Å². The van der Waals surface area contributed by atoms with Crippen molar-refractivity contribution in [2.24, 2.45) is 7.05 Å². The first-order chi connectivity index (χ1) is 21.9. The van der Waals surface area contributed by atoms with Gasteiger partial charge in [0, 0.05) is 44.9 Å². The van der Waals surface area contributed by atoms with Crippen molar-refractivity contribution in [2.45, 2.75) is 52.9 Å². The molecule has 1 amide bonds. The molecule has 5 aromatic rings. The van der Waals surface area contributed by atoms with Gasteiger partial charge in [0.2, 0.25) is 0 Å². The Bertz CT molecular complexity index is 1780. The van der Waals surface area contributed by atoms with Crippen molar-refractivity contribution in [1.29, 1.82) is 0 Å². The summed E-state index contributed by atoms with van der Waals surface area (Å²) in [6.45, 7) is 8.87. The Morgan fingerprint density at radius 3 is 2.29 bits per heavy atom. The Morgan fingerprint density at radius 2 is 1.67 bits per heavy atom. The predicted molar refractivity (Wildman–Crippen MR) is 173 cm³/mol. The lowest BCUT2D eigenvalue weighted by molar-refractivity contribution is 0.0947. The lowest BCUT2D eigenvalue weighted by Crippen LogP contribution is -2.24. The molecule has 45 heavy (non-hydrogen) atoms. The van der Waals surface area contributed by atoms with Crippen molar-refractivity contribution < 1.29 is 18.8 Å². The fraction of sp³-hybridized carbons (Fsp3) is 0.306. The molecule has 0 unspecified atom stereocenters. The second-order valence-electron chi connectivity index (χ2n) is 11.5. The van der Waals surface area contributed by atoms with Crippen LogP contribution in [0.1, 0.15) is 65.3 Å². The van der Waals surface area contributed by atoms with Crippen LogP contribution >= 0.6 is 0 Å². The number of ether oxygens (including phenoxy) is 2. The average molecular weight is 606 g/mol. The molecule has 0 spiro atoms. The molecule has 9 nitrogen and oxygen atoms in total. The monoisotopic (exact) mass is 605 g/mol. The van der Waals surface area contributed by atoms with E-state index in [1.807, 2.05) is 86.8 Å². The van der Waals surface area contributed by atoms with Gasteiger partial charge in [0.25, 0.3) is 5.91 Å². The molecule has 2 N–H and O–H groups in total. The fourth-order valence-corrected chi connectivity index (χ4v) is 5.68. The molecule has 0 atom stereocenters. The van der Waals surface area contributed by atoms with Gasteiger partial charge in [0.15, 0.2) is 11.5 Å².